The Labute approximate surface area is 70.6 Å². The van der Waals surface area contributed by atoms with Crippen molar-refractivity contribution >= 4 is 0 Å². The fraction of sp³-hybridized carbons (Fsp3) is 1.00. The first-order chi connectivity index (χ1) is 5.74. The van der Waals surface area contributed by atoms with Crippen molar-refractivity contribution in [1.82, 2.24) is 0 Å². The molecule has 0 bridgehead atoms. The Hall–Kier alpha value is -0.520. The maximum absolute atomic E-state index is 10.4. The van der Waals surface area contributed by atoms with Crippen molar-refractivity contribution in [3.05, 3.63) is 4.91 Å². The van der Waals surface area contributed by atoms with Crippen LogP contribution < -0.4 is 0 Å². The summed E-state index contributed by atoms with van der Waals surface area (Å²) in [6.07, 6.45) is -0.672. The summed E-state index contributed by atoms with van der Waals surface area (Å²) in [6.45, 7) is 1.65. The first kappa shape index (κ1) is 9.57. The summed E-state index contributed by atoms with van der Waals surface area (Å²) in [4.78, 5) is 10.4. The van der Waals surface area contributed by atoms with Gasteiger partial charge in [-0.05, 0) is 6.92 Å². The van der Waals surface area contributed by atoms with Crippen molar-refractivity contribution in [2.75, 3.05) is 13.7 Å². The molecule has 5 heteroatoms. The summed E-state index contributed by atoms with van der Waals surface area (Å²) in [6, 6.07) is -0.588. The van der Waals surface area contributed by atoms with Gasteiger partial charge in [-0.2, -0.15) is 4.91 Å². The molecule has 4 unspecified atom stereocenters. The fourth-order valence-corrected chi connectivity index (χ4v) is 1.22. The Balaban J connectivity index is 2.48. The van der Waals surface area contributed by atoms with Crippen molar-refractivity contribution in [3.63, 3.8) is 0 Å². The molecular weight excluding hydrogens is 162 g/mol. The zero-order chi connectivity index (χ0) is 9.14. The van der Waals surface area contributed by atoms with Crippen LogP contribution in [0, 0.1) is 4.91 Å². The number of aliphatic hydroxyl groups is 1. The van der Waals surface area contributed by atoms with Gasteiger partial charge in [0.2, 0.25) is 0 Å². The largest absolute Gasteiger partial charge is 0.394 e. The molecule has 1 heterocycles. The Morgan fingerprint density at radius 2 is 2.33 bits per heavy atom. The van der Waals surface area contributed by atoms with E-state index in [1.807, 2.05) is 6.92 Å². The van der Waals surface area contributed by atoms with Crippen LogP contribution in [0.4, 0.5) is 0 Å². The molecule has 1 aliphatic rings. The van der Waals surface area contributed by atoms with E-state index in [-0.39, 0.29) is 18.8 Å². The fourth-order valence-electron chi connectivity index (χ4n) is 1.22. The van der Waals surface area contributed by atoms with Gasteiger partial charge in [-0.3, -0.25) is 0 Å². The Morgan fingerprint density at radius 1 is 1.75 bits per heavy atom. The van der Waals surface area contributed by atoms with Gasteiger partial charge in [0.1, 0.15) is 18.2 Å². The van der Waals surface area contributed by atoms with Gasteiger partial charge in [-0.25, -0.2) is 0 Å². The van der Waals surface area contributed by atoms with Crippen LogP contribution in [0.5, 0.6) is 0 Å². The number of ether oxygens (including phenoxy) is 2. The molecular formula is C7H13NO4. The Bertz CT molecular complexity index is 159. The maximum Gasteiger partial charge on any atom is 0.149 e. The third kappa shape index (κ3) is 1.80. The lowest BCUT2D eigenvalue weighted by Gasteiger charge is -2.15. The highest BCUT2D eigenvalue weighted by Gasteiger charge is 2.46. The lowest BCUT2D eigenvalue weighted by atomic mass is 10.1. The highest BCUT2D eigenvalue weighted by molar-refractivity contribution is 4.96. The van der Waals surface area contributed by atoms with E-state index in [0.717, 1.165) is 0 Å². The average molecular weight is 175 g/mol. The van der Waals surface area contributed by atoms with Crippen molar-refractivity contribution in [1.29, 1.82) is 0 Å². The Kier molecular flexibility index (Phi) is 3.13. The molecule has 1 fully saturated rings. The minimum Gasteiger partial charge on any atom is -0.394 e. The van der Waals surface area contributed by atoms with Crippen LogP contribution in [-0.4, -0.2) is 43.2 Å². The van der Waals surface area contributed by atoms with E-state index < -0.39 is 12.1 Å². The first-order valence-electron chi connectivity index (χ1n) is 3.86. The van der Waals surface area contributed by atoms with Crippen LogP contribution in [0.25, 0.3) is 0 Å². The lowest BCUT2D eigenvalue weighted by Crippen LogP contribution is -2.34. The van der Waals surface area contributed by atoms with Crippen molar-refractivity contribution < 1.29 is 14.6 Å². The topological polar surface area (TPSA) is 71.4 Å². The second-order valence-electron chi connectivity index (χ2n) is 2.86. The van der Waals surface area contributed by atoms with Crippen LogP contribution in [0.3, 0.4) is 0 Å². The molecule has 0 radical (unpaired) electrons. The molecule has 0 saturated carbocycles. The number of aliphatic hydroxyl groups excluding tert-OH is 1. The number of nitrogens with zero attached hydrogens (tertiary/aromatic N) is 1. The number of rotatable bonds is 5. The normalized spacial score (nSPS) is 32.6. The molecule has 0 aromatic rings. The highest BCUT2D eigenvalue weighted by atomic mass is 16.6. The van der Waals surface area contributed by atoms with E-state index in [4.69, 9.17) is 14.6 Å². The quantitative estimate of drug-likeness (QED) is 0.468. The van der Waals surface area contributed by atoms with Crippen LogP contribution in [-0.2, 0) is 9.47 Å². The van der Waals surface area contributed by atoms with Crippen molar-refractivity contribution in [3.8, 4) is 0 Å². The molecule has 0 aromatic heterocycles. The standard InChI is InChI=1S/C7H13NO4/c1-4-7(12-4)6(8-10)5(3-9)11-2/h4-7,9H,3H2,1-2H3. The van der Waals surface area contributed by atoms with Gasteiger partial charge in [0.15, 0.2) is 0 Å². The molecule has 70 valence electrons. The van der Waals surface area contributed by atoms with Crippen molar-refractivity contribution in [2.45, 2.75) is 31.3 Å². The molecule has 1 saturated heterocycles. The minimum atomic E-state index is -0.588. The summed E-state index contributed by atoms with van der Waals surface area (Å²) in [5, 5.41) is 11.7. The first-order valence-corrected chi connectivity index (χ1v) is 3.86. The molecule has 1 aliphatic heterocycles. The van der Waals surface area contributed by atoms with E-state index in [1.165, 1.54) is 7.11 Å². The molecule has 4 atom stereocenters. The SMILES string of the molecule is COC(CO)C(N=O)C1OC1C. The summed E-state index contributed by atoms with van der Waals surface area (Å²) >= 11 is 0. The van der Waals surface area contributed by atoms with E-state index in [2.05, 4.69) is 5.18 Å². The third-order valence-corrected chi connectivity index (χ3v) is 2.08. The molecule has 0 aromatic carbocycles. The lowest BCUT2D eigenvalue weighted by molar-refractivity contribution is 0.0250. The zero-order valence-electron chi connectivity index (χ0n) is 7.14. The zero-order valence-corrected chi connectivity index (χ0v) is 7.14. The molecule has 12 heavy (non-hydrogen) atoms. The monoisotopic (exact) mass is 175 g/mol. The molecule has 5 nitrogen and oxygen atoms in total. The van der Waals surface area contributed by atoms with Crippen molar-refractivity contribution in [2.24, 2.45) is 5.18 Å². The number of nitroso groups, excluding NO2 is 1. The van der Waals surface area contributed by atoms with Crippen LogP contribution >= 0.6 is 0 Å². The predicted molar refractivity (Wildman–Crippen MR) is 41.8 cm³/mol. The molecule has 0 amide bonds. The highest BCUT2D eigenvalue weighted by Crippen LogP contribution is 2.28. The van der Waals surface area contributed by atoms with Crippen LogP contribution in [0.15, 0.2) is 5.18 Å². The molecule has 0 spiro atoms. The van der Waals surface area contributed by atoms with Gasteiger partial charge < -0.3 is 14.6 Å². The van der Waals surface area contributed by atoms with E-state index >= 15 is 0 Å². The second kappa shape index (κ2) is 3.93. The van der Waals surface area contributed by atoms with E-state index in [9.17, 15) is 4.91 Å². The van der Waals surface area contributed by atoms with Gasteiger partial charge in [-0.15, -0.1) is 0 Å². The molecule has 1 N–H and O–H groups in total. The summed E-state index contributed by atoms with van der Waals surface area (Å²) < 4.78 is 9.95. The number of hydrogen-bond donors (Lipinski definition) is 1. The van der Waals surface area contributed by atoms with E-state index in [1.54, 1.807) is 0 Å². The average Bonchev–Trinajstić information content (AvgIpc) is 2.78. The molecule has 0 aliphatic carbocycles. The summed E-state index contributed by atoms with van der Waals surface area (Å²) in [7, 11) is 1.44. The summed E-state index contributed by atoms with van der Waals surface area (Å²) in [5.41, 5.74) is 0. The number of hydrogen-bond acceptors (Lipinski definition) is 5. The second-order valence-corrected chi connectivity index (χ2v) is 2.86. The Morgan fingerprint density at radius 3 is 2.58 bits per heavy atom. The third-order valence-electron chi connectivity index (χ3n) is 2.08. The summed E-state index contributed by atoms with van der Waals surface area (Å²) in [5.74, 6) is 0. The predicted octanol–water partition coefficient (Wildman–Crippen LogP) is -0.0840. The van der Waals surface area contributed by atoms with Crippen LogP contribution in [0.1, 0.15) is 6.92 Å². The van der Waals surface area contributed by atoms with Gasteiger partial charge in [0.05, 0.1) is 12.7 Å². The minimum absolute atomic E-state index is 0.0527. The molecule has 1 rings (SSSR count). The maximum atomic E-state index is 10.4. The smallest absolute Gasteiger partial charge is 0.149 e. The number of epoxide rings is 1. The van der Waals surface area contributed by atoms with E-state index in [0.29, 0.717) is 0 Å². The van der Waals surface area contributed by atoms with Gasteiger partial charge in [0.25, 0.3) is 0 Å². The van der Waals surface area contributed by atoms with Gasteiger partial charge >= 0.3 is 0 Å². The van der Waals surface area contributed by atoms with Gasteiger partial charge in [-0.1, -0.05) is 5.18 Å². The van der Waals surface area contributed by atoms with Crippen LogP contribution in [0.2, 0.25) is 0 Å². The van der Waals surface area contributed by atoms with Gasteiger partial charge in [0, 0.05) is 7.11 Å². The number of methoxy groups -OCH3 is 1.